The minimum absolute atomic E-state index is 0.0546. The fourth-order valence-corrected chi connectivity index (χ4v) is 3.71. The summed E-state index contributed by atoms with van der Waals surface area (Å²) in [6.07, 6.45) is 1.96. The molecule has 1 heterocycles. The van der Waals surface area contributed by atoms with Crippen molar-refractivity contribution >= 4 is 17.7 Å². The fraction of sp³-hybridized carbons (Fsp3) is 0.286. The molecule has 0 saturated carbocycles. The van der Waals surface area contributed by atoms with Gasteiger partial charge in [-0.15, -0.1) is 10.2 Å². The SMILES string of the molecule is CCCC(C)NC(=O)CSc1nnc(-c2ccccc2F)n1-c1ccccc1. The zero-order valence-electron chi connectivity index (χ0n) is 15.9. The summed E-state index contributed by atoms with van der Waals surface area (Å²) in [6, 6.07) is 16.1. The van der Waals surface area contributed by atoms with Gasteiger partial charge in [0, 0.05) is 11.7 Å². The number of aromatic nitrogens is 3. The Hall–Kier alpha value is -2.67. The van der Waals surface area contributed by atoms with Crippen LogP contribution in [0.15, 0.2) is 59.8 Å². The van der Waals surface area contributed by atoms with E-state index in [4.69, 9.17) is 0 Å². The van der Waals surface area contributed by atoms with Crippen LogP contribution < -0.4 is 5.32 Å². The fourth-order valence-electron chi connectivity index (χ4n) is 2.94. The number of benzene rings is 2. The van der Waals surface area contributed by atoms with E-state index in [2.05, 4.69) is 22.4 Å². The lowest BCUT2D eigenvalue weighted by Gasteiger charge is -2.13. The first-order valence-electron chi connectivity index (χ1n) is 9.28. The molecule has 0 fully saturated rings. The standard InChI is InChI=1S/C21H23FN4OS/c1-3-9-15(2)23-19(27)14-28-21-25-24-20(17-12-7-8-13-18(17)22)26(21)16-10-5-4-6-11-16/h4-8,10-13,15H,3,9,14H2,1-2H3,(H,23,27). The van der Waals surface area contributed by atoms with Crippen molar-refractivity contribution in [3.8, 4) is 17.1 Å². The van der Waals surface area contributed by atoms with Gasteiger partial charge in [-0.25, -0.2) is 4.39 Å². The molecule has 1 unspecified atom stereocenters. The summed E-state index contributed by atoms with van der Waals surface area (Å²) >= 11 is 1.29. The molecule has 7 heteroatoms. The van der Waals surface area contributed by atoms with Gasteiger partial charge in [0.05, 0.1) is 11.3 Å². The first kappa shape index (κ1) is 20.1. The van der Waals surface area contributed by atoms with Crippen LogP contribution in [0.2, 0.25) is 0 Å². The Morgan fingerprint density at radius 1 is 1.14 bits per heavy atom. The maximum Gasteiger partial charge on any atom is 0.230 e. The van der Waals surface area contributed by atoms with Gasteiger partial charge in [0.25, 0.3) is 0 Å². The molecule has 0 aliphatic heterocycles. The van der Waals surface area contributed by atoms with Gasteiger partial charge in [0.1, 0.15) is 5.82 Å². The monoisotopic (exact) mass is 398 g/mol. The highest BCUT2D eigenvalue weighted by Gasteiger charge is 2.19. The van der Waals surface area contributed by atoms with E-state index in [-0.39, 0.29) is 23.5 Å². The van der Waals surface area contributed by atoms with E-state index >= 15 is 0 Å². The Labute approximate surface area is 168 Å². The molecule has 0 saturated heterocycles. The van der Waals surface area contributed by atoms with E-state index in [0.29, 0.717) is 16.5 Å². The van der Waals surface area contributed by atoms with Crippen molar-refractivity contribution in [3.63, 3.8) is 0 Å². The molecule has 1 atom stereocenters. The van der Waals surface area contributed by atoms with Crippen LogP contribution in [0.1, 0.15) is 26.7 Å². The van der Waals surface area contributed by atoms with Gasteiger partial charge in [-0.1, -0.05) is 55.4 Å². The van der Waals surface area contributed by atoms with E-state index in [0.717, 1.165) is 18.5 Å². The van der Waals surface area contributed by atoms with Crippen molar-refractivity contribution in [2.45, 2.75) is 37.9 Å². The number of amides is 1. The van der Waals surface area contributed by atoms with Crippen LogP contribution in [0, 0.1) is 5.82 Å². The predicted octanol–water partition coefficient (Wildman–Crippen LogP) is 4.47. The lowest BCUT2D eigenvalue weighted by molar-refractivity contribution is -0.119. The molecule has 1 amide bonds. The third-order valence-electron chi connectivity index (χ3n) is 4.22. The molecule has 2 aromatic carbocycles. The number of halogens is 1. The molecule has 28 heavy (non-hydrogen) atoms. The second-order valence-electron chi connectivity index (χ2n) is 6.50. The largest absolute Gasteiger partial charge is 0.353 e. The van der Waals surface area contributed by atoms with Crippen LogP contribution in [0.3, 0.4) is 0 Å². The molecule has 0 aliphatic rings. The van der Waals surface area contributed by atoms with Crippen LogP contribution in [0.25, 0.3) is 17.1 Å². The van der Waals surface area contributed by atoms with Gasteiger partial charge in [-0.3, -0.25) is 9.36 Å². The van der Waals surface area contributed by atoms with Crippen molar-refractivity contribution in [2.24, 2.45) is 0 Å². The van der Waals surface area contributed by atoms with Gasteiger partial charge < -0.3 is 5.32 Å². The number of nitrogens with zero attached hydrogens (tertiary/aromatic N) is 3. The summed E-state index contributed by atoms with van der Waals surface area (Å²) < 4.78 is 16.1. The minimum Gasteiger partial charge on any atom is -0.353 e. The van der Waals surface area contributed by atoms with E-state index in [1.165, 1.54) is 17.8 Å². The Bertz CT molecular complexity index is 929. The highest BCUT2D eigenvalue weighted by molar-refractivity contribution is 7.99. The van der Waals surface area contributed by atoms with Crippen molar-refractivity contribution in [1.82, 2.24) is 20.1 Å². The number of rotatable bonds is 8. The van der Waals surface area contributed by atoms with E-state index < -0.39 is 0 Å². The Kier molecular flexibility index (Phi) is 6.81. The lowest BCUT2D eigenvalue weighted by atomic mass is 10.2. The van der Waals surface area contributed by atoms with Gasteiger partial charge in [0.2, 0.25) is 5.91 Å². The number of nitrogens with one attached hydrogen (secondary N) is 1. The topological polar surface area (TPSA) is 59.8 Å². The maximum absolute atomic E-state index is 14.4. The molecular weight excluding hydrogens is 375 g/mol. The highest BCUT2D eigenvalue weighted by atomic mass is 32.2. The van der Waals surface area contributed by atoms with E-state index in [1.54, 1.807) is 22.8 Å². The molecule has 146 valence electrons. The number of para-hydroxylation sites is 1. The first-order chi connectivity index (χ1) is 13.6. The van der Waals surface area contributed by atoms with Crippen LogP contribution >= 0.6 is 11.8 Å². The summed E-state index contributed by atoms with van der Waals surface area (Å²) in [5.74, 6) is 0.207. The third-order valence-corrected chi connectivity index (χ3v) is 5.15. The molecule has 0 bridgehead atoms. The molecule has 3 rings (SSSR count). The smallest absolute Gasteiger partial charge is 0.230 e. The van der Waals surface area contributed by atoms with Gasteiger partial charge >= 0.3 is 0 Å². The molecule has 5 nitrogen and oxygen atoms in total. The lowest BCUT2D eigenvalue weighted by Crippen LogP contribution is -2.33. The number of hydrogen-bond acceptors (Lipinski definition) is 4. The summed E-state index contributed by atoms with van der Waals surface area (Å²) in [5.41, 5.74) is 1.18. The average molecular weight is 399 g/mol. The Balaban J connectivity index is 1.88. The van der Waals surface area contributed by atoms with Crippen LogP contribution in [0.5, 0.6) is 0 Å². The van der Waals surface area contributed by atoms with Crippen molar-refractivity contribution in [3.05, 3.63) is 60.4 Å². The van der Waals surface area contributed by atoms with E-state index in [9.17, 15) is 9.18 Å². The summed E-state index contributed by atoms with van der Waals surface area (Å²) in [6.45, 7) is 4.08. The van der Waals surface area contributed by atoms with Crippen LogP contribution in [0.4, 0.5) is 4.39 Å². The normalized spacial score (nSPS) is 12.0. The van der Waals surface area contributed by atoms with Crippen molar-refractivity contribution in [1.29, 1.82) is 0 Å². The molecule has 0 spiro atoms. The number of carbonyl (C=O) groups excluding carboxylic acids is 1. The van der Waals surface area contributed by atoms with Gasteiger partial charge in [0.15, 0.2) is 11.0 Å². The minimum atomic E-state index is -0.366. The van der Waals surface area contributed by atoms with Gasteiger partial charge in [-0.2, -0.15) is 0 Å². The van der Waals surface area contributed by atoms with Crippen molar-refractivity contribution < 1.29 is 9.18 Å². The predicted molar refractivity (Wildman–Crippen MR) is 110 cm³/mol. The summed E-state index contributed by atoms with van der Waals surface area (Å²) in [5, 5.41) is 12.0. The second kappa shape index (κ2) is 9.50. The zero-order chi connectivity index (χ0) is 19.9. The zero-order valence-corrected chi connectivity index (χ0v) is 16.7. The van der Waals surface area contributed by atoms with Crippen molar-refractivity contribution in [2.75, 3.05) is 5.75 Å². The third kappa shape index (κ3) is 4.78. The molecule has 1 aromatic heterocycles. The molecule has 3 aromatic rings. The Morgan fingerprint density at radius 3 is 2.57 bits per heavy atom. The van der Waals surface area contributed by atoms with Crippen LogP contribution in [-0.4, -0.2) is 32.5 Å². The maximum atomic E-state index is 14.4. The quantitative estimate of drug-likeness (QED) is 0.569. The molecule has 1 N–H and O–H groups in total. The molecule has 0 radical (unpaired) electrons. The average Bonchev–Trinajstić information content (AvgIpc) is 3.11. The van der Waals surface area contributed by atoms with Gasteiger partial charge in [-0.05, 0) is 37.6 Å². The number of carbonyl (C=O) groups is 1. The molecule has 0 aliphatic carbocycles. The van der Waals surface area contributed by atoms with E-state index in [1.807, 2.05) is 37.3 Å². The summed E-state index contributed by atoms with van der Waals surface area (Å²) in [7, 11) is 0. The van der Waals surface area contributed by atoms with Crippen LogP contribution in [-0.2, 0) is 4.79 Å². The number of hydrogen-bond donors (Lipinski definition) is 1. The second-order valence-corrected chi connectivity index (χ2v) is 7.45. The number of thioether (sulfide) groups is 1. The molecular formula is C21H23FN4OS. The summed E-state index contributed by atoms with van der Waals surface area (Å²) in [4.78, 5) is 12.2. The Morgan fingerprint density at radius 2 is 1.86 bits per heavy atom. The highest BCUT2D eigenvalue weighted by Crippen LogP contribution is 2.29. The first-order valence-corrected chi connectivity index (χ1v) is 10.3.